The second-order valence-corrected chi connectivity index (χ2v) is 4.85. The Morgan fingerprint density at radius 2 is 2.00 bits per heavy atom. The van der Waals surface area contributed by atoms with E-state index < -0.39 is 0 Å². The number of halogens is 2. The van der Waals surface area contributed by atoms with Crippen LogP contribution in [-0.2, 0) is 9.53 Å². The molecule has 0 aliphatic rings. The molecule has 0 aromatic rings. The topological polar surface area (TPSA) is 82.4 Å². The van der Waals surface area contributed by atoms with Gasteiger partial charge < -0.3 is 36.6 Å². The van der Waals surface area contributed by atoms with E-state index in [1.165, 1.54) is 0 Å². The van der Waals surface area contributed by atoms with E-state index in [-0.39, 0.29) is 41.9 Å². The summed E-state index contributed by atoms with van der Waals surface area (Å²) >= 11 is 0. The molecule has 0 atom stereocenters. The molecule has 0 saturated heterocycles. The maximum Gasteiger partial charge on any atom is 0.275 e. The number of amides is 1. The van der Waals surface area contributed by atoms with Crippen LogP contribution < -0.4 is 22.3 Å². The number of aliphatic hydroxyl groups excluding tert-OH is 1. The second kappa shape index (κ2) is 13.6. The van der Waals surface area contributed by atoms with Crippen molar-refractivity contribution in [3.05, 3.63) is 0 Å². The van der Waals surface area contributed by atoms with Gasteiger partial charge in [0.2, 0.25) is 0 Å². The van der Waals surface area contributed by atoms with Gasteiger partial charge in [0.25, 0.3) is 5.91 Å². The van der Waals surface area contributed by atoms with Gasteiger partial charge in [-0.3, -0.25) is 10.2 Å². The average molecular weight is 377 g/mol. The third-order valence-corrected chi connectivity index (χ3v) is 2.49. The van der Waals surface area contributed by atoms with Crippen molar-refractivity contribution in [3.8, 4) is 0 Å². The zero-order valence-electron chi connectivity index (χ0n) is 12.4. The SMILES string of the molecule is CCOC(=N)CCC[N+](C)(C)CC(=O)NCCO.Cl.[Br-]. The van der Waals surface area contributed by atoms with Gasteiger partial charge in [-0.05, 0) is 6.92 Å². The lowest BCUT2D eigenvalue weighted by Gasteiger charge is -2.29. The Hall–Kier alpha value is -0.370. The van der Waals surface area contributed by atoms with Crippen molar-refractivity contribution in [2.75, 3.05) is 46.9 Å². The summed E-state index contributed by atoms with van der Waals surface area (Å²) in [4.78, 5) is 11.5. The average Bonchev–Trinajstić information content (AvgIpc) is 2.25. The van der Waals surface area contributed by atoms with Crippen LogP contribution in [0.3, 0.4) is 0 Å². The molecule has 8 heteroatoms. The van der Waals surface area contributed by atoms with E-state index in [9.17, 15) is 4.79 Å². The molecule has 0 saturated carbocycles. The van der Waals surface area contributed by atoms with Gasteiger partial charge in [0, 0.05) is 19.4 Å². The van der Waals surface area contributed by atoms with Crippen LogP contribution in [0, 0.1) is 5.41 Å². The van der Waals surface area contributed by atoms with Gasteiger partial charge in [-0.15, -0.1) is 12.4 Å². The molecule has 0 radical (unpaired) electrons. The molecule has 0 heterocycles. The molecule has 0 aromatic carbocycles. The molecule has 6 nitrogen and oxygen atoms in total. The summed E-state index contributed by atoms with van der Waals surface area (Å²) in [5, 5.41) is 18.7. The highest BCUT2D eigenvalue weighted by Gasteiger charge is 2.19. The van der Waals surface area contributed by atoms with Crippen molar-refractivity contribution in [2.45, 2.75) is 19.8 Å². The number of hydrogen-bond donors (Lipinski definition) is 3. The van der Waals surface area contributed by atoms with Crippen LogP contribution in [0.1, 0.15) is 19.8 Å². The number of quaternary nitrogens is 1. The van der Waals surface area contributed by atoms with Gasteiger partial charge in [0.15, 0.2) is 12.4 Å². The first-order valence-corrected chi connectivity index (χ1v) is 6.31. The first-order chi connectivity index (χ1) is 8.41. The molecule has 0 aromatic heterocycles. The van der Waals surface area contributed by atoms with E-state index in [1.54, 1.807) is 0 Å². The molecule has 3 N–H and O–H groups in total. The standard InChI is InChI=1S/C12H25N3O3.BrH.ClH/c1-4-18-11(13)6-5-8-15(2,3)10-12(17)14-7-9-16;;/h13,16H,4-10H2,1-3H3;2*1H. The Labute approximate surface area is 138 Å². The van der Waals surface area contributed by atoms with Gasteiger partial charge in [0.05, 0.1) is 33.9 Å². The third-order valence-electron chi connectivity index (χ3n) is 2.49. The molecule has 0 fully saturated rings. The number of carbonyl (C=O) groups is 1. The number of ether oxygens (including phenoxy) is 1. The number of carbonyl (C=O) groups excluding carboxylic acids is 1. The minimum absolute atomic E-state index is 0. The van der Waals surface area contributed by atoms with Gasteiger partial charge >= 0.3 is 0 Å². The summed E-state index contributed by atoms with van der Waals surface area (Å²) in [6.07, 6.45) is 1.42. The van der Waals surface area contributed by atoms with Gasteiger partial charge in [-0.25, -0.2) is 0 Å². The molecule has 0 aliphatic carbocycles. The summed E-state index contributed by atoms with van der Waals surface area (Å²) in [6, 6.07) is 0. The van der Waals surface area contributed by atoms with Crippen molar-refractivity contribution >= 4 is 24.2 Å². The molecular formula is C12H27BrClN3O3. The summed E-state index contributed by atoms with van der Waals surface area (Å²) in [5.41, 5.74) is 0. The lowest BCUT2D eigenvalue weighted by Crippen LogP contribution is -3.00. The fourth-order valence-corrected chi connectivity index (χ4v) is 1.63. The minimum Gasteiger partial charge on any atom is -1.00 e. The van der Waals surface area contributed by atoms with Crippen molar-refractivity contribution in [2.24, 2.45) is 0 Å². The number of rotatable bonds is 9. The zero-order valence-corrected chi connectivity index (χ0v) is 14.8. The smallest absolute Gasteiger partial charge is 0.275 e. The normalized spacial score (nSPS) is 10.0. The molecule has 0 rings (SSSR count). The number of hydrogen-bond acceptors (Lipinski definition) is 4. The quantitative estimate of drug-likeness (QED) is 0.234. The van der Waals surface area contributed by atoms with Crippen LogP contribution in [0.5, 0.6) is 0 Å². The largest absolute Gasteiger partial charge is 1.00 e. The summed E-state index contributed by atoms with van der Waals surface area (Å²) in [6.45, 7) is 3.84. The summed E-state index contributed by atoms with van der Waals surface area (Å²) in [5.74, 6) is 0.246. The fourth-order valence-electron chi connectivity index (χ4n) is 1.63. The summed E-state index contributed by atoms with van der Waals surface area (Å²) < 4.78 is 5.63. The molecular weight excluding hydrogens is 350 g/mol. The number of nitrogens with one attached hydrogen (secondary N) is 2. The van der Waals surface area contributed by atoms with Crippen LogP contribution in [0.25, 0.3) is 0 Å². The van der Waals surface area contributed by atoms with E-state index in [0.717, 1.165) is 13.0 Å². The number of aliphatic hydroxyl groups is 1. The lowest BCUT2D eigenvalue weighted by molar-refractivity contribution is -0.882. The molecule has 1 amide bonds. The van der Waals surface area contributed by atoms with Crippen LogP contribution in [-0.4, -0.2) is 68.3 Å². The number of likely N-dealkylation sites (N-methyl/N-ethyl adjacent to an activating group) is 1. The monoisotopic (exact) mass is 375 g/mol. The Kier molecular flexibility index (Phi) is 16.8. The van der Waals surface area contributed by atoms with Crippen LogP contribution >= 0.6 is 12.4 Å². The summed E-state index contributed by atoms with van der Waals surface area (Å²) in [7, 11) is 3.95. The van der Waals surface area contributed by atoms with E-state index in [2.05, 4.69) is 5.32 Å². The van der Waals surface area contributed by atoms with Crippen molar-refractivity contribution in [1.82, 2.24) is 5.32 Å². The second-order valence-electron chi connectivity index (χ2n) is 4.85. The Bertz CT molecular complexity index is 279. The molecule has 0 aliphatic heterocycles. The van der Waals surface area contributed by atoms with E-state index in [1.807, 2.05) is 21.0 Å². The first-order valence-electron chi connectivity index (χ1n) is 6.31. The molecule has 0 unspecified atom stereocenters. The highest BCUT2D eigenvalue weighted by molar-refractivity contribution is 5.85. The first kappa shape index (κ1) is 24.6. The van der Waals surface area contributed by atoms with Gasteiger partial charge in [-0.2, -0.15) is 0 Å². The van der Waals surface area contributed by atoms with Crippen LogP contribution in [0.15, 0.2) is 0 Å². The highest BCUT2D eigenvalue weighted by Crippen LogP contribution is 2.02. The predicted octanol–water partition coefficient (Wildman–Crippen LogP) is -2.61. The van der Waals surface area contributed by atoms with Crippen molar-refractivity contribution in [1.29, 1.82) is 5.41 Å². The Morgan fingerprint density at radius 1 is 1.40 bits per heavy atom. The lowest BCUT2D eigenvalue weighted by atomic mass is 10.2. The number of nitrogens with zero attached hydrogens (tertiary/aromatic N) is 1. The maximum atomic E-state index is 11.5. The van der Waals surface area contributed by atoms with E-state index in [0.29, 0.717) is 36.5 Å². The Balaban J connectivity index is -0.00000144. The van der Waals surface area contributed by atoms with Crippen molar-refractivity contribution < 1.29 is 36.1 Å². The van der Waals surface area contributed by atoms with Crippen LogP contribution in [0.2, 0.25) is 0 Å². The highest BCUT2D eigenvalue weighted by atomic mass is 79.9. The van der Waals surface area contributed by atoms with E-state index >= 15 is 0 Å². The fraction of sp³-hybridized carbons (Fsp3) is 0.833. The minimum atomic E-state index is -0.0612. The zero-order chi connectivity index (χ0) is 14.0. The Morgan fingerprint density at radius 3 is 2.50 bits per heavy atom. The van der Waals surface area contributed by atoms with Crippen molar-refractivity contribution in [3.63, 3.8) is 0 Å². The van der Waals surface area contributed by atoms with E-state index in [4.69, 9.17) is 15.3 Å². The predicted molar refractivity (Wildman–Crippen MR) is 77.8 cm³/mol. The molecule has 0 bridgehead atoms. The molecule has 20 heavy (non-hydrogen) atoms. The third kappa shape index (κ3) is 14.0. The van der Waals surface area contributed by atoms with Gasteiger partial charge in [0.1, 0.15) is 0 Å². The van der Waals surface area contributed by atoms with Gasteiger partial charge in [-0.1, -0.05) is 0 Å². The molecule has 0 spiro atoms. The molecule has 122 valence electrons. The van der Waals surface area contributed by atoms with Crippen LogP contribution in [0.4, 0.5) is 0 Å². The maximum absolute atomic E-state index is 11.5.